The normalized spacial score (nSPS) is 14.2. The summed E-state index contributed by atoms with van der Waals surface area (Å²) < 4.78 is 0. The molecular formula is C24H46CuN2O6. The first-order chi connectivity index (χ1) is 14.1. The molecule has 9 heteroatoms. The molecule has 0 rings (SSSR count). The molecular weight excluding hydrogens is 476 g/mol. The molecule has 0 aromatic heterocycles. The van der Waals surface area contributed by atoms with Crippen LogP contribution in [0.4, 0.5) is 0 Å². The summed E-state index contributed by atoms with van der Waals surface area (Å²) in [6.07, 6.45) is 0.471. The Hall–Kier alpha value is -1.28. The van der Waals surface area contributed by atoms with Gasteiger partial charge in [0.2, 0.25) is 0 Å². The molecule has 0 amide bonds. The molecule has 0 aromatic carbocycles. The summed E-state index contributed by atoms with van der Waals surface area (Å²) in [5.41, 5.74) is -2.75. The SMILES string of the molecule is CNC(CC(=O)C(C)(C)C)C(C)(C)C(=O)O.CNC(CC(=O)C(C)(C)C)C(C)(C)C(=O)O.[Cu]. The minimum absolute atomic E-state index is 0. The second-order valence-electron chi connectivity index (χ2n) is 11.5. The molecule has 0 aliphatic carbocycles. The molecule has 0 aromatic rings. The monoisotopic (exact) mass is 521 g/mol. The van der Waals surface area contributed by atoms with E-state index in [-0.39, 0.29) is 53.6 Å². The molecule has 33 heavy (non-hydrogen) atoms. The molecule has 199 valence electrons. The van der Waals surface area contributed by atoms with E-state index in [0.717, 1.165) is 0 Å². The van der Waals surface area contributed by atoms with Crippen molar-refractivity contribution in [3.8, 4) is 0 Å². The minimum Gasteiger partial charge on any atom is -0.481 e. The van der Waals surface area contributed by atoms with E-state index in [9.17, 15) is 19.2 Å². The van der Waals surface area contributed by atoms with Crippen LogP contribution in [-0.4, -0.2) is 59.9 Å². The maximum absolute atomic E-state index is 11.9. The van der Waals surface area contributed by atoms with Crippen LogP contribution in [0.25, 0.3) is 0 Å². The van der Waals surface area contributed by atoms with Gasteiger partial charge < -0.3 is 20.8 Å². The minimum atomic E-state index is -0.949. The Bertz CT molecular complexity index is 617. The first-order valence-electron chi connectivity index (χ1n) is 10.9. The number of hydrogen-bond donors (Lipinski definition) is 4. The number of nitrogens with one attached hydrogen (secondary N) is 2. The molecule has 0 heterocycles. The van der Waals surface area contributed by atoms with Crippen LogP contribution in [0.5, 0.6) is 0 Å². The van der Waals surface area contributed by atoms with Crippen molar-refractivity contribution in [2.45, 2.75) is 94.2 Å². The van der Waals surface area contributed by atoms with Crippen LogP contribution in [-0.2, 0) is 36.2 Å². The first-order valence-corrected chi connectivity index (χ1v) is 10.9. The average molecular weight is 522 g/mol. The van der Waals surface area contributed by atoms with E-state index in [1.165, 1.54) is 0 Å². The Morgan fingerprint density at radius 2 is 0.818 bits per heavy atom. The largest absolute Gasteiger partial charge is 0.481 e. The number of carboxylic acids is 2. The molecule has 4 N–H and O–H groups in total. The molecule has 8 nitrogen and oxygen atoms in total. The number of ketones is 2. The van der Waals surface area contributed by atoms with Gasteiger partial charge in [0.25, 0.3) is 0 Å². The third kappa shape index (κ3) is 11.6. The van der Waals surface area contributed by atoms with E-state index in [4.69, 9.17) is 10.2 Å². The Balaban J connectivity index is -0.000000529. The van der Waals surface area contributed by atoms with Crippen LogP contribution in [0.3, 0.4) is 0 Å². The Morgan fingerprint density at radius 1 is 0.606 bits per heavy atom. The van der Waals surface area contributed by atoms with Crippen LogP contribution in [0, 0.1) is 21.7 Å². The van der Waals surface area contributed by atoms with Crippen LogP contribution >= 0.6 is 0 Å². The van der Waals surface area contributed by atoms with E-state index in [1.807, 2.05) is 41.5 Å². The maximum Gasteiger partial charge on any atom is 0.310 e. The molecule has 0 saturated heterocycles. The molecule has 0 aliphatic heterocycles. The van der Waals surface area contributed by atoms with E-state index in [2.05, 4.69) is 10.6 Å². The number of hydrogen-bond acceptors (Lipinski definition) is 6. The molecule has 0 saturated carbocycles. The van der Waals surface area contributed by atoms with Gasteiger partial charge in [0.1, 0.15) is 11.6 Å². The Morgan fingerprint density at radius 3 is 0.939 bits per heavy atom. The van der Waals surface area contributed by atoms with Gasteiger partial charge in [-0.25, -0.2) is 0 Å². The smallest absolute Gasteiger partial charge is 0.310 e. The summed E-state index contributed by atoms with van der Waals surface area (Å²) in [5.74, 6) is -1.65. The van der Waals surface area contributed by atoms with Gasteiger partial charge in [-0.2, -0.15) is 0 Å². The molecule has 2 atom stereocenters. The fourth-order valence-electron chi connectivity index (χ4n) is 2.72. The van der Waals surface area contributed by atoms with Gasteiger partial charge in [0.05, 0.1) is 10.8 Å². The zero-order valence-electron chi connectivity index (χ0n) is 22.4. The number of aliphatic carboxylic acids is 2. The second-order valence-corrected chi connectivity index (χ2v) is 11.5. The predicted molar refractivity (Wildman–Crippen MR) is 127 cm³/mol. The van der Waals surface area contributed by atoms with Crippen LogP contribution < -0.4 is 10.6 Å². The molecule has 0 fully saturated rings. The molecule has 2 unspecified atom stereocenters. The summed E-state index contributed by atoms with van der Waals surface area (Å²) in [6.45, 7) is 17.6. The van der Waals surface area contributed by atoms with Crippen molar-refractivity contribution >= 4 is 23.5 Å². The Labute approximate surface area is 210 Å². The van der Waals surface area contributed by atoms with Crippen molar-refractivity contribution < 1.29 is 46.5 Å². The first kappa shape index (κ1) is 36.3. The number of carbonyl (C=O) groups excluding carboxylic acids is 2. The second kappa shape index (κ2) is 13.6. The predicted octanol–water partition coefficient (Wildman–Crippen LogP) is 3.38. The molecule has 1 radical (unpaired) electrons. The summed E-state index contributed by atoms with van der Waals surface area (Å²) in [7, 11) is 3.37. The van der Waals surface area contributed by atoms with Gasteiger partial charge in [-0.15, -0.1) is 0 Å². The summed E-state index contributed by atoms with van der Waals surface area (Å²) >= 11 is 0. The van der Waals surface area contributed by atoms with Crippen molar-refractivity contribution in [1.29, 1.82) is 0 Å². The number of carboxylic acid groups (broad SMARTS) is 2. The molecule has 0 spiro atoms. The van der Waals surface area contributed by atoms with Crippen molar-refractivity contribution in [2.24, 2.45) is 21.7 Å². The topological polar surface area (TPSA) is 133 Å². The maximum atomic E-state index is 11.9. The van der Waals surface area contributed by atoms with Crippen LogP contribution in [0.1, 0.15) is 82.1 Å². The van der Waals surface area contributed by atoms with Gasteiger partial charge in [0, 0.05) is 52.8 Å². The van der Waals surface area contributed by atoms with Gasteiger partial charge in [0.15, 0.2) is 0 Å². The number of rotatable bonds is 10. The van der Waals surface area contributed by atoms with Gasteiger partial charge >= 0.3 is 11.9 Å². The van der Waals surface area contributed by atoms with Gasteiger partial charge in [-0.05, 0) is 41.8 Å². The molecule has 0 aliphatic rings. The number of Topliss-reactive ketones (excluding diaryl/α,β-unsaturated/α-hetero) is 2. The third-order valence-electron chi connectivity index (χ3n) is 5.99. The van der Waals surface area contributed by atoms with Crippen molar-refractivity contribution in [2.75, 3.05) is 14.1 Å². The standard InChI is InChI=1S/2C12H23NO3.Cu/c2*1-11(2,3)9(14)7-8(13-6)12(4,5)10(15)16;/h2*8,13H,7H2,1-6H3,(H,15,16);. The van der Waals surface area contributed by atoms with Crippen molar-refractivity contribution in [3.05, 3.63) is 0 Å². The quantitative estimate of drug-likeness (QED) is 0.321. The Kier molecular flexibility index (Phi) is 14.9. The zero-order chi connectivity index (χ0) is 26.3. The third-order valence-corrected chi connectivity index (χ3v) is 5.99. The van der Waals surface area contributed by atoms with E-state index in [1.54, 1.807) is 41.8 Å². The van der Waals surface area contributed by atoms with Crippen LogP contribution in [0.2, 0.25) is 0 Å². The fraction of sp³-hybridized carbons (Fsp3) is 0.833. The van der Waals surface area contributed by atoms with E-state index in [0.29, 0.717) is 0 Å². The van der Waals surface area contributed by atoms with E-state index >= 15 is 0 Å². The summed E-state index contributed by atoms with van der Waals surface area (Å²) in [6, 6.07) is -0.701. The van der Waals surface area contributed by atoms with Crippen LogP contribution in [0.15, 0.2) is 0 Å². The van der Waals surface area contributed by atoms with Gasteiger partial charge in [-0.1, -0.05) is 41.5 Å². The van der Waals surface area contributed by atoms with Gasteiger partial charge in [-0.3, -0.25) is 19.2 Å². The number of carbonyl (C=O) groups is 4. The fourth-order valence-corrected chi connectivity index (χ4v) is 2.72. The molecule has 0 bridgehead atoms. The summed E-state index contributed by atoms with van der Waals surface area (Å²) in [5, 5.41) is 24.1. The van der Waals surface area contributed by atoms with Crippen molar-refractivity contribution in [1.82, 2.24) is 10.6 Å². The summed E-state index contributed by atoms with van der Waals surface area (Å²) in [4.78, 5) is 45.9. The zero-order valence-corrected chi connectivity index (χ0v) is 23.3. The van der Waals surface area contributed by atoms with E-state index < -0.39 is 33.6 Å². The average Bonchev–Trinajstić information content (AvgIpc) is 2.61. The van der Waals surface area contributed by atoms with Crippen molar-refractivity contribution in [3.63, 3.8) is 0 Å².